The second-order valence-corrected chi connectivity index (χ2v) is 7.18. The molecule has 1 amide bonds. The van der Waals surface area contributed by atoms with Gasteiger partial charge in [0.05, 0.1) is 18.7 Å². The molecule has 0 N–H and O–H groups in total. The van der Waals surface area contributed by atoms with E-state index in [0.29, 0.717) is 24.6 Å². The van der Waals surface area contributed by atoms with Gasteiger partial charge in [0, 0.05) is 42.9 Å². The van der Waals surface area contributed by atoms with Crippen molar-refractivity contribution in [3.8, 4) is 0 Å². The number of carbonyl (C=O) groups is 1. The normalized spacial score (nSPS) is 17.3. The molecule has 1 saturated heterocycles. The van der Waals surface area contributed by atoms with Gasteiger partial charge in [0.15, 0.2) is 0 Å². The van der Waals surface area contributed by atoms with E-state index < -0.39 is 0 Å². The third-order valence-electron chi connectivity index (χ3n) is 4.72. The predicted octanol–water partition coefficient (Wildman–Crippen LogP) is 3.53. The lowest BCUT2D eigenvalue weighted by atomic mass is 9.91. The van der Waals surface area contributed by atoms with E-state index in [-0.39, 0.29) is 11.8 Å². The van der Waals surface area contributed by atoms with Crippen LogP contribution in [0.25, 0.3) is 0 Å². The van der Waals surface area contributed by atoms with Crippen molar-refractivity contribution in [2.75, 3.05) is 20.2 Å². The van der Waals surface area contributed by atoms with Crippen molar-refractivity contribution >= 4 is 17.5 Å². The summed E-state index contributed by atoms with van der Waals surface area (Å²) in [5.41, 5.74) is 2.97. The minimum atomic E-state index is 0.135. The van der Waals surface area contributed by atoms with Gasteiger partial charge >= 0.3 is 0 Å². The van der Waals surface area contributed by atoms with Crippen LogP contribution in [0.2, 0.25) is 5.02 Å². The van der Waals surface area contributed by atoms with E-state index >= 15 is 0 Å². The zero-order valence-corrected chi connectivity index (χ0v) is 16.0. The van der Waals surface area contributed by atoms with Gasteiger partial charge in [-0.2, -0.15) is 0 Å². The first-order chi connectivity index (χ1) is 12.6. The van der Waals surface area contributed by atoms with Crippen LogP contribution in [0.4, 0.5) is 0 Å². The second-order valence-electron chi connectivity index (χ2n) is 6.75. The molecule has 1 fully saturated rings. The van der Waals surface area contributed by atoms with Crippen LogP contribution >= 0.6 is 11.6 Å². The number of likely N-dealkylation sites (tertiary alicyclic amines) is 1. The number of aryl methyl sites for hydroxylation is 1. The van der Waals surface area contributed by atoms with Crippen molar-refractivity contribution in [3.63, 3.8) is 0 Å². The highest BCUT2D eigenvalue weighted by Crippen LogP contribution is 2.28. The third-order valence-corrected chi connectivity index (χ3v) is 4.96. The van der Waals surface area contributed by atoms with Crippen LogP contribution < -0.4 is 0 Å². The van der Waals surface area contributed by atoms with Gasteiger partial charge in [-0.15, -0.1) is 0 Å². The van der Waals surface area contributed by atoms with E-state index in [0.717, 1.165) is 42.0 Å². The number of halogens is 1. The number of methoxy groups -OCH3 is 1. The number of rotatable bonds is 5. The zero-order chi connectivity index (χ0) is 18.5. The van der Waals surface area contributed by atoms with Gasteiger partial charge in [-0.05, 0) is 37.5 Å². The smallest absolute Gasteiger partial charge is 0.227 e. The summed E-state index contributed by atoms with van der Waals surface area (Å²) in [6, 6.07) is 7.49. The topological polar surface area (TPSA) is 55.3 Å². The van der Waals surface area contributed by atoms with Gasteiger partial charge in [0.1, 0.15) is 5.82 Å². The largest absolute Gasteiger partial charge is 0.380 e. The molecule has 1 unspecified atom stereocenters. The number of ether oxygens (including phenoxy) is 1. The molecule has 5 nitrogen and oxygen atoms in total. The fourth-order valence-corrected chi connectivity index (χ4v) is 3.71. The zero-order valence-electron chi connectivity index (χ0n) is 15.2. The highest BCUT2D eigenvalue weighted by atomic mass is 35.5. The molecule has 0 bridgehead atoms. The predicted molar refractivity (Wildman–Crippen MR) is 101 cm³/mol. The Bertz CT molecular complexity index is 781. The van der Waals surface area contributed by atoms with Gasteiger partial charge < -0.3 is 9.64 Å². The molecule has 0 saturated carbocycles. The molecule has 0 aliphatic carbocycles. The molecule has 3 rings (SSSR count). The van der Waals surface area contributed by atoms with Crippen LogP contribution in [-0.4, -0.2) is 41.0 Å². The number of hydrogen-bond donors (Lipinski definition) is 0. The average molecular weight is 374 g/mol. The van der Waals surface area contributed by atoms with Gasteiger partial charge in [-0.25, -0.2) is 9.97 Å². The van der Waals surface area contributed by atoms with Crippen molar-refractivity contribution in [3.05, 3.63) is 58.1 Å². The molecule has 1 atom stereocenters. The van der Waals surface area contributed by atoms with E-state index in [9.17, 15) is 4.79 Å². The fraction of sp³-hybridized carbons (Fsp3) is 0.450. The molecule has 26 heavy (non-hydrogen) atoms. The maximum Gasteiger partial charge on any atom is 0.227 e. The standard InChI is InChI=1S/C20H24ClN3O2/c1-14-22-11-17(13-26-2)20(23-14)16-6-4-8-24(12-16)19(25)10-15-5-3-7-18(21)9-15/h3,5,7,9,11,16H,4,6,8,10,12-13H2,1-2H3. The monoisotopic (exact) mass is 373 g/mol. The van der Waals surface area contributed by atoms with Crippen LogP contribution in [0.15, 0.2) is 30.5 Å². The molecule has 0 radical (unpaired) electrons. The van der Waals surface area contributed by atoms with Crippen LogP contribution in [-0.2, 0) is 22.6 Å². The van der Waals surface area contributed by atoms with Crippen molar-refractivity contribution in [1.29, 1.82) is 0 Å². The molecule has 2 heterocycles. The highest BCUT2D eigenvalue weighted by molar-refractivity contribution is 6.30. The second kappa shape index (κ2) is 8.60. The first-order valence-corrected chi connectivity index (χ1v) is 9.28. The molecule has 1 aromatic carbocycles. The number of amides is 1. The fourth-order valence-electron chi connectivity index (χ4n) is 3.49. The number of hydrogen-bond acceptors (Lipinski definition) is 4. The molecule has 1 aliphatic heterocycles. The van der Waals surface area contributed by atoms with Crippen LogP contribution in [0, 0.1) is 6.92 Å². The summed E-state index contributed by atoms with van der Waals surface area (Å²) >= 11 is 6.03. The van der Waals surface area contributed by atoms with Gasteiger partial charge in [0.25, 0.3) is 0 Å². The maximum atomic E-state index is 12.8. The quantitative estimate of drug-likeness (QED) is 0.804. The van der Waals surface area contributed by atoms with Crippen LogP contribution in [0.5, 0.6) is 0 Å². The first-order valence-electron chi connectivity index (χ1n) is 8.90. The summed E-state index contributed by atoms with van der Waals surface area (Å²) in [5.74, 6) is 1.11. The lowest BCUT2D eigenvalue weighted by molar-refractivity contribution is -0.131. The summed E-state index contributed by atoms with van der Waals surface area (Å²) < 4.78 is 5.29. The molecule has 1 aliphatic rings. The van der Waals surface area contributed by atoms with Gasteiger partial charge in [-0.3, -0.25) is 4.79 Å². The molecule has 138 valence electrons. The van der Waals surface area contributed by atoms with Crippen molar-refractivity contribution in [2.24, 2.45) is 0 Å². The minimum absolute atomic E-state index is 0.135. The molecule has 0 spiro atoms. The van der Waals surface area contributed by atoms with E-state index in [1.54, 1.807) is 7.11 Å². The van der Waals surface area contributed by atoms with E-state index in [1.165, 1.54) is 0 Å². The number of benzene rings is 1. The SMILES string of the molecule is COCc1cnc(C)nc1C1CCCN(C(=O)Cc2cccc(Cl)c2)C1. The Hall–Kier alpha value is -1.98. The number of piperidine rings is 1. The number of carbonyl (C=O) groups excluding carboxylic acids is 1. The maximum absolute atomic E-state index is 12.8. The Morgan fingerprint density at radius 3 is 3.04 bits per heavy atom. The van der Waals surface area contributed by atoms with Gasteiger partial charge in [0.2, 0.25) is 5.91 Å². The van der Waals surface area contributed by atoms with Crippen molar-refractivity contribution in [1.82, 2.24) is 14.9 Å². The number of nitrogens with zero attached hydrogens (tertiary/aromatic N) is 3. The Kier molecular flexibility index (Phi) is 6.22. The Balaban J connectivity index is 1.73. The summed E-state index contributed by atoms with van der Waals surface area (Å²) in [6.07, 6.45) is 4.21. The van der Waals surface area contributed by atoms with E-state index in [2.05, 4.69) is 9.97 Å². The average Bonchev–Trinajstić information content (AvgIpc) is 2.63. The summed E-state index contributed by atoms with van der Waals surface area (Å²) in [5, 5.41) is 0.660. The van der Waals surface area contributed by atoms with Gasteiger partial charge in [-0.1, -0.05) is 23.7 Å². The van der Waals surface area contributed by atoms with Crippen molar-refractivity contribution in [2.45, 2.75) is 38.7 Å². The lowest BCUT2D eigenvalue weighted by Gasteiger charge is -2.33. The Morgan fingerprint density at radius 2 is 2.27 bits per heavy atom. The Morgan fingerprint density at radius 1 is 1.42 bits per heavy atom. The summed E-state index contributed by atoms with van der Waals surface area (Å²) in [6.45, 7) is 3.86. The van der Waals surface area contributed by atoms with Crippen molar-refractivity contribution < 1.29 is 9.53 Å². The summed E-state index contributed by atoms with van der Waals surface area (Å²) in [4.78, 5) is 23.7. The minimum Gasteiger partial charge on any atom is -0.380 e. The number of aromatic nitrogens is 2. The third kappa shape index (κ3) is 4.59. The highest BCUT2D eigenvalue weighted by Gasteiger charge is 2.27. The Labute approximate surface area is 159 Å². The first kappa shape index (κ1) is 18.8. The van der Waals surface area contributed by atoms with Crippen LogP contribution in [0.1, 0.15) is 41.4 Å². The molecular formula is C20H24ClN3O2. The molecule has 2 aromatic rings. The molecular weight excluding hydrogens is 350 g/mol. The molecule has 1 aromatic heterocycles. The summed E-state index contributed by atoms with van der Waals surface area (Å²) in [7, 11) is 1.67. The lowest BCUT2D eigenvalue weighted by Crippen LogP contribution is -2.40. The van der Waals surface area contributed by atoms with Crippen LogP contribution in [0.3, 0.4) is 0 Å². The van der Waals surface area contributed by atoms with E-state index in [4.69, 9.17) is 16.3 Å². The molecule has 6 heteroatoms. The van der Waals surface area contributed by atoms with E-state index in [1.807, 2.05) is 42.3 Å².